The van der Waals surface area contributed by atoms with E-state index < -0.39 is 0 Å². The van der Waals surface area contributed by atoms with Crippen LogP contribution >= 0.6 is 0 Å². The molecule has 0 N–H and O–H groups in total. The molecule has 1 fully saturated rings. The van der Waals surface area contributed by atoms with Gasteiger partial charge in [0.2, 0.25) is 0 Å². The number of nitrogens with zero attached hydrogens (tertiary/aromatic N) is 1. The first kappa shape index (κ1) is 26.8. The second-order valence-corrected chi connectivity index (χ2v) is 10.6. The van der Waals surface area contributed by atoms with Crippen molar-refractivity contribution in [3.63, 3.8) is 0 Å². The van der Waals surface area contributed by atoms with Gasteiger partial charge in [-0.15, -0.1) is 0 Å². The number of ether oxygens (including phenoxy) is 1. The van der Waals surface area contributed by atoms with Gasteiger partial charge in [0.1, 0.15) is 5.75 Å². The summed E-state index contributed by atoms with van der Waals surface area (Å²) in [6.45, 7) is 5.38. The zero-order chi connectivity index (χ0) is 23.8. The molecule has 34 heavy (non-hydrogen) atoms. The minimum absolute atomic E-state index is 0.835. The fourth-order valence-corrected chi connectivity index (χ4v) is 5.45. The molecule has 1 aliphatic carbocycles. The van der Waals surface area contributed by atoms with E-state index in [2.05, 4.69) is 55.2 Å². The van der Waals surface area contributed by atoms with Crippen LogP contribution in [0, 0.1) is 11.8 Å². The molecule has 0 saturated heterocycles. The van der Waals surface area contributed by atoms with Crippen LogP contribution < -0.4 is 4.74 Å². The van der Waals surface area contributed by atoms with Crippen molar-refractivity contribution < 1.29 is 4.74 Å². The molecule has 0 aliphatic heterocycles. The Kier molecular flexibility index (Phi) is 12.6. The van der Waals surface area contributed by atoms with Gasteiger partial charge in [-0.05, 0) is 73.4 Å². The number of pyridine rings is 1. The van der Waals surface area contributed by atoms with Gasteiger partial charge in [-0.3, -0.25) is 4.98 Å². The Morgan fingerprint density at radius 2 is 1.35 bits per heavy atom. The van der Waals surface area contributed by atoms with E-state index in [9.17, 15) is 0 Å². The molecule has 1 aromatic heterocycles. The van der Waals surface area contributed by atoms with E-state index in [4.69, 9.17) is 4.74 Å². The molecular formula is C32H49NO. The Morgan fingerprint density at radius 1 is 0.706 bits per heavy atom. The van der Waals surface area contributed by atoms with Gasteiger partial charge in [-0.2, -0.15) is 0 Å². The molecule has 1 aliphatic rings. The third-order valence-electron chi connectivity index (χ3n) is 7.75. The lowest BCUT2D eigenvalue weighted by atomic mass is 9.78. The summed E-state index contributed by atoms with van der Waals surface area (Å²) in [7, 11) is 0. The van der Waals surface area contributed by atoms with Gasteiger partial charge in [0, 0.05) is 11.8 Å². The van der Waals surface area contributed by atoms with Gasteiger partial charge < -0.3 is 4.74 Å². The monoisotopic (exact) mass is 463 g/mol. The third kappa shape index (κ3) is 9.80. The number of benzene rings is 1. The molecule has 0 radical (unpaired) electrons. The highest BCUT2D eigenvalue weighted by molar-refractivity contribution is 5.60. The Labute approximate surface area is 209 Å². The van der Waals surface area contributed by atoms with E-state index in [0.717, 1.165) is 41.9 Å². The van der Waals surface area contributed by atoms with Crippen LogP contribution in [-0.2, 0) is 6.42 Å². The first-order valence-electron chi connectivity index (χ1n) is 14.5. The lowest BCUT2D eigenvalue weighted by molar-refractivity contribution is 0.228. The van der Waals surface area contributed by atoms with E-state index in [1.165, 1.54) is 102 Å². The highest BCUT2D eigenvalue weighted by Crippen LogP contribution is 2.34. The molecule has 0 amide bonds. The molecule has 1 heterocycles. The van der Waals surface area contributed by atoms with Crippen molar-refractivity contribution in [2.75, 3.05) is 6.61 Å². The van der Waals surface area contributed by atoms with Crippen molar-refractivity contribution in [2.45, 2.75) is 117 Å². The first-order chi connectivity index (χ1) is 16.8. The minimum Gasteiger partial charge on any atom is -0.494 e. The van der Waals surface area contributed by atoms with Crippen LogP contribution in [-0.4, -0.2) is 11.6 Å². The van der Waals surface area contributed by atoms with Gasteiger partial charge in [-0.1, -0.05) is 97.0 Å². The number of hydrogen-bond acceptors (Lipinski definition) is 2. The fourth-order valence-electron chi connectivity index (χ4n) is 5.45. The maximum Gasteiger partial charge on any atom is 0.119 e. The normalized spacial score (nSPS) is 18.2. The quantitative estimate of drug-likeness (QED) is 0.231. The highest BCUT2D eigenvalue weighted by atomic mass is 16.5. The topological polar surface area (TPSA) is 22.1 Å². The van der Waals surface area contributed by atoms with Crippen LogP contribution in [0.5, 0.6) is 5.75 Å². The molecule has 1 saturated carbocycles. The molecule has 0 atom stereocenters. The zero-order valence-corrected chi connectivity index (χ0v) is 22.1. The second kappa shape index (κ2) is 16.0. The minimum atomic E-state index is 0.835. The molecule has 1 aromatic carbocycles. The lowest BCUT2D eigenvalue weighted by Gasteiger charge is -2.28. The van der Waals surface area contributed by atoms with Crippen LogP contribution in [0.2, 0.25) is 0 Å². The fraction of sp³-hybridized carbons (Fsp3) is 0.656. The number of hydrogen-bond donors (Lipinski definition) is 0. The number of aromatic nitrogens is 1. The van der Waals surface area contributed by atoms with Gasteiger partial charge in [-0.25, -0.2) is 0 Å². The number of aryl methyl sites for hydroxylation is 1. The predicted molar refractivity (Wildman–Crippen MR) is 146 cm³/mol. The maximum absolute atomic E-state index is 6.05. The largest absolute Gasteiger partial charge is 0.494 e. The van der Waals surface area contributed by atoms with E-state index >= 15 is 0 Å². The van der Waals surface area contributed by atoms with Crippen molar-refractivity contribution >= 4 is 0 Å². The Balaban J connectivity index is 1.28. The first-order valence-corrected chi connectivity index (χ1v) is 14.5. The molecule has 2 aromatic rings. The third-order valence-corrected chi connectivity index (χ3v) is 7.75. The summed E-state index contributed by atoms with van der Waals surface area (Å²) in [6, 6.07) is 12.8. The molecule has 0 bridgehead atoms. The predicted octanol–water partition coefficient (Wildman–Crippen LogP) is 9.81. The van der Waals surface area contributed by atoms with Gasteiger partial charge in [0.05, 0.1) is 12.3 Å². The molecule has 0 spiro atoms. The van der Waals surface area contributed by atoms with Gasteiger partial charge in [0.25, 0.3) is 0 Å². The van der Waals surface area contributed by atoms with Gasteiger partial charge in [0.15, 0.2) is 0 Å². The summed E-state index contributed by atoms with van der Waals surface area (Å²) in [5.74, 6) is 2.92. The lowest BCUT2D eigenvalue weighted by Crippen LogP contribution is -2.15. The standard InChI is InChI=1S/C32H49NO/c1-3-5-7-8-10-12-27-15-17-28(18-16-27)14-11-25-34-31-22-20-30(21-23-31)32-24-19-29(26-33-32)13-9-6-4-2/h19-24,26-28H,3-18,25H2,1-2H3/t27-,28-. The maximum atomic E-state index is 6.05. The molecule has 188 valence electrons. The van der Waals surface area contributed by atoms with Crippen LogP contribution in [0.3, 0.4) is 0 Å². The molecule has 0 unspecified atom stereocenters. The highest BCUT2D eigenvalue weighted by Gasteiger charge is 2.20. The molecule has 3 rings (SSSR count). The van der Waals surface area contributed by atoms with Crippen LogP contribution in [0.15, 0.2) is 42.6 Å². The van der Waals surface area contributed by atoms with E-state index in [0.29, 0.717) is 0 Å². The smallest absolute Gasteiger partial charge is 0.119 e. The van der Waals surface area contributed by atoms with Crippen LogP contribution in [0.25, 0.3) is 11.3 Å². The summed E-state index contributed by atoms with van der Waals surface area (Å²) in [5, 5.41) is 0. The number of rotatable bonds is 16. The van der Waals surface area contributed by atoms with E-state index in [-0.39, 0.29) is 0 Å². The summed E-state index contributed by atoms with van der Waals surface area (Å²) in [6.07, 6.45) is 23.9. The molecule has 2 nitrogen and oxygen atoms in total. The van der Waals surface area contributed by atoms with Crippen molar-refractivity contribution in [3.05, 3.63) is 48.2 Å². The summed E-state index contributed by atoms with van der Waals surface area (Å²) < 4.78 is 6.05. The summed E-state index contributed by atoms with van der Waals surface area (Å²) >= 11 is 0. The second-order valence-electron chi connectivity index (χ2n) is 10.6. The molecule has 2 heteroatoms. The summed E-state index contributed by atoms with van der Waals surface area (Å²) in [4.78, 5) is 4.68. The Bertz CT molecular complexity index is 759. The average molecular weight is 464 g/mol. The molecular weight excluding hydrogens is 414 g/mol. The Hall–Kier alpha value is -1.83. The van der Waals surface area contributed by atoms with Crippen molar-refractivity contribution in [2.24, 2.45) is 11.8 Å². The van der Waals surface area contributed by atoms with Crippen molar-refractivity contribution in [1.82, 2.24) is 4.98 Å². The SMILES string of the molecule is CCCCCCC[C@H]1CC[C@H](CCCOc2ccc(-c3ccc(CCCCC)cn3)cc2)CC1. The number of unbranched alkanes of at least 4 members (excludes halogenated alkanes) is 6. The average Bonchev–Trinajstić information content (AvgIpc) is 2.88. The zero-order valence-electron chi connectivity index (χ0n) is 22.1. The van der Waals surface area contributed by atoms with Gasteiger partial charge >= 0.3 is 0 Å². The van der Waals surface area contributed by atoms with E-state index in [1.54, 1.807) is 0 Å². The van der Waals surface area contributed by atoms with Crippen LogP contribution in [0.4, 0.5) is 0 Å². The summed E-state index contributed by atoms with van der Waals surface area (Å²) in [5.41, 5.74) is 3.55. The van der Waals surface area contributed by atoms with E-state index in [1.807, 2.05) is 6.20 Å². The Morgan fingerprint density at radius 3 is 2.00 bits per heavy atom. The van der Waals surface area contributed by atoms with Crippen molar-refractivity contribution in [3.8, 4) is 17.0 Å². The van der Waals surface area contributed by atoms with Crippen LogP contribution in [0.1, 0.15) is 116 Å². The van der Waals surface area contributed by atoms with Crippen molar-refractivity contribution in [1.29, 1.82) is 0 Å².